The molecule has 10 heteroatoms. The molecule has 0 aliphatic heterocycles. The molecule has 0 saturated heterocycles. The smallest absolute Gasteiger partial charge is 0.341 e. The molecule has 2 aromatic heterocycles. The number of anilines is 1. The van der Waals surface area contributed by atoms with E-state index in [1.54, 1.807) is 13.8 Å². The van der Waals surface area contributed by atoms with Crippen LogP contribution < -0.4 is 5.32 Å². The Labute approximate surface area is 164 Å². The van der Waals surface area contributed by atoms with E-state index in [2.05, 4.69) is 15.5 Å². The summed E-state index contributed by atoms with van der Waals surface area (Å²) >= 11 is 2.20. The van der Waals surface area contributed by atoms with Crippen molar-refractivity contribution in [1.29, 1.82) is 0 Å². The first-order chi connectivity index (χ1) is 12.9. The highest BCUT2D eigenvalue weighted by atomic mass is 32.2. The van der Waals surface area contributed by atoms with E-state index < -0.39 is 5.97 Å². The van der Waals surface area contributed by atoms with Gasteiger partial charge in [0.2, 0.25) is 11.8 Å². The van der Waals surface area contributed by atoms with Crippen LogP contribution in [0, 0.1) is 6.92 Å². The van der Waals surface area contributed by atoms with Crippen LogP contribution in [0.2, 0.25) is 0 Å². The van der Waals surface area contributed by atoms with Crippen molar-refractivity contribution in [3.63, 3.8) is 0 Å². The van der Waals surface area contributed by atoms with Crippen molar-refractivity contribution in [2.45, 2.75) is 44.8 Å². The van der Waals surface area contributed by atoms with Gasteiger partial charge in [-0.15, -0.1) is 21.5 Å². The maximum atomic E-state index is 12.3. The van der Waals surface area contributed by atoms with Crippen LogP contribution in [-0.2, 0) is 9.53 Å². The number of nitrogens with zero attached hydrogens (tertiary/aromatic N) is 2. The molecule has 0 radical (unpaired) electrons. The lowest BCUT2D eigenvalue weighted by molar-refractivity contribution is -0.113. The van der Waals surface area contributed by atoms with E-state index in [4.69, 9.17) is 9.15 Å². The van der Waals surface area contributed by atoms with Crippen molar-refractivity contribution in [3.05, 3.63) is 21.9 Å². The second-order valence-corrected chi connectivity index (χ2v) is 8.00. The molecule has 0 atom stereocenters. The molecule has 144 valence electrons. The SMILES string of the molecule is CCOC(=O)c1c(NC(=O)CSc2nnc(C3CC3)o2)sc(C(C)=O)c1C. The number of hydrogen-bond acceptors (Lipinski definition) is 9. The Morgan fingerprint density at radius 3 is 2.70 bits per heavy atom. The number of esters is 1. The molecule has 0 unspecified atom stereocenters. The van der Waals surface area contributed by atoms with Gasteiger partial charge in [0.25, 0.3) is 5.22 Å². The fourth-order valence-electron chi connectivity index (χ4n) is 2.45. The first-order valence-corrected chi connectivity index (χ1v) is 10.3. The minimum atomic E-state index is -0.562. The topological polar surface area (TPSA) is 111 Å². The minimum absolute atomic E-state index is 0.0426. The van der Waals surface area contributed by atoms with Crippen LogP contribution in [-0.4, -0.2) is 40.2 Å². The van der Waals surface area contributed by atoms with E-state index in [-0.39, 0.29) is 29.6 Å². The third-order valence-electron chi connectivity index (χ3n) is 3.87. The number of aromatic nitrogens is 2. The van der Waals surface area contributed by atoms with Crippen molar-refractivity contribution in [2.75, 3.05) is 17.7 Å². The van der Waals surface area contributed by atoms with Gasteiger partial charge in [0.15, 0.2) is 5.78 Å². The average molecular weight is 409 g/mol. The van der Waals surface area contributed by atoms with Crippen LogP contribution in [0.25, 0.3) is 0 Å². The highest BCUT2D eigenvalue weighted by molar-refractivity contribution is 7.99. The van der Waals surface area contributed by atoms with Crippen LogP contribution in [0.1, 0.15) is 64.1 Å². The maximum Gasteiger partial charge on any atom is 0.341 e. The first-order valence-electron chi connectivity index (χ1n) is 8.48. The third kappa shape index (κ3) is 4.56. The lowest BCUT2D eigenvalue weighted by Gasteiger charge is -2.06. The van der Waals surface area contributed by atoms with Crippen molar-refractivity contribution >= 4 is 45.8 Å². The molecule has 2 aromatic rings. The first kappa shape index (κ1) is 19.6. The molecular formula is C17H19N3O5S2. The summed E-state index contributed by atoms with van der Waals surface area (Å²) in [5.74, 6) is -0.0625. The second kappa shape index (κ2) is 8.22. The predicted octanol–water partition coefficient (Wildman–Crippen LogP) is 3.43. The summed E-state index contributed by atoms with van der Waals surface area (Å²) in [6.45, 7) is 4.98. The molecule has 27 heavy (non-hydrogen) atoms. The molecular weight excluding hydrogens is 390 g/mol. The van der Waals surface area contributed by atoms with Crippen LogP contribution in [0.15, 0.2) is 9.64 Å². The van der Waals surface area contributed by atoms with Gasteiger partial charge in [0, 0.05) is 5.92 Å². The van der Waals surface area contributed by atoms with E-state index in [9.17, 15) is 14.4 Å². The van der Waals surface area contributed by atoms with E-state index in [0.29, 0.717) is 32.5 Å². The van der Waals surface area contributed by atoms with Gasteiger partial charge in [0.05, 0.1) is 22.8 Å². The monoisotopic (exact) mass is 409 g/mol. The fourth-order valence-corrected chi connectivity index (χ4v) is 4.13. The largest absolute Gasteiger partial charge is 0.462 e. The molecule has 1 amide bonds. The molecule has 3 rings (SSSR count). The summed E-state index contributed by atoms with van der Waals surface area (Å²) in [4.78, 5) is 36.8. The summed E-state index contributed by atoms with van der Waals surface area (Å²) in [6, 6.07) is 0. The standard InChI is InChI=1S/C17H19N3O5S2/c1-4-24-16(23)12-8(2)13(9(3)21)27-15(12)18-11(22)7-26-17-20-19-14(25-17)10-5-6-10/h10H,4-7H2,1-3H3,(H,18,22). The number of ketones is 1. The van der Waals surface area contributed by atoms with Crippen molar-refractivity contribution in [3.8, 4) is 0 Å². The molecule has 1 N–H and O–H groups in total. The van der Waals surface area contributed by atoms with Gasteiger partial charge >= 0.3 is 5.97 Å². The Kier molecular flexibility index (Phi) is 5.95. The number of thiophene rings is 1. The minimum Gasteiger partial charge on any atom is -0.462 e. The lowest BCUT2D eigenvalue weighted by Crippen LogP contribution is -2.16. The number of nitrogens with one attached hydrogen (secondary N) is 1. The Morgan fingerprint density at radius 2 is 2.07 bits per heavy atom. The van der Waals surface area contributed by atoms with Gasteiger partial charge in [-0.1, -0.05) is 11.8 Å². The van der Waals surface area contributed by atoms with Gasteiger partial charge < -0.3 is 14.5 Å². The number of thioether (sulfide) groups is 1. The van der Waals surface area contributed by atoms with Gasteiger partial charge in [0.1, 0.15) is 5.00 Å². The number of Topliss-reactive ketones (excluding diaryl/α,β-unsaturated/α-hetero) is 1. The summed E-state index contributed by atoms with van der Waals surface area (Å²) in [5.41, 5.74) is 0.735. The van der Waals surface area contributed by atoms with Crippen LogP contribution in [0.5, 0.6) is 0 Å². The van der Waals surface area contributed by atoms with E-state index in [1.807, 2.05) is 0 Å². The fraction of sp³-hybridized carbons (Fsp3) is 0.471. The summed E-state index contributed by atoms with van der Waals surface area (Å²) in [7, 11) is 0. The Balaban J connectivity index is 1.69. The zero-order valence-electron chi connectivity index (χ0n) is 15.2. The van der Waals surface area contributed by atoms with Crippen LogP contribution in [0.3, 0.4) is 0 Å². The van der Waals surface area contributed by atoms with Gasteiger partial charge in [-0.3, -0.25) is 9.59 Å². The number of ether oxygens (including phenoxy) is 1. The van der Waals surface area contributed by atoms with Gasteiger partial charge in [-0.2, -0.15) is 0 Å². The molecule has 0 aromatic carbocycles. The molecule has 1 fully saturated rings. The van der Waals surface area contributed by atoms with E-state index in [1.165, 1.54) is 6.92 Å². The molecule has 1 aliphatic rings. The van der Waals surface area contributed by atoms with Crippen LogP contribution >= 0.6 is 23.1 Å². The Morgan fingerprint density at radius 1 is 1.33 bits per heavy atom. The summed E-state index contributed by atoms with van der Waals surface area (Å²) in [6.07, 6.45) is 2.11. The summed E-state index contributed by atoms with van der Waals surface area (Å²) in [5, 5.41) is 11.2. The zero-order chi connectivity index (χ0) is 19.6. The van der Waals surface area contributed by atoms with Gasteiger partial charge in [-0.25, -0.2) is 4.79 Å². The molecule has 1 aliphatic carbocycles. The second-order valence-electron chi connectivity index (χ2n) is 6.05. The van der Waals surface area contributed by atoms with Crippen molar-refractivity contribution < 1.29 is 23.5 Å². The van der Waals surface area contributed by atoms with E-state index >= 15 is 0 Å². The quantitative estimate of drug-likeness (QED) is 0.401. The molecule has 0 spiro atoms. The highest BCUT2D eigenvalue weighted by Gasteiger charge is 2.29. The highest BCUT2D eigenvalue weighted by Crippen LogP contribution is 2.40. The molecule has 0 bridgehead atoms. The third-order valence-corrected chi connectivity index (χ3v) is 6.00. The number of carbonyl (C=O) groups is 3. The molecule has 8 nitrogen and oxygen atoms in total. The lowest BCUT2D eigenvalue weighted by atomic mass is 10.1. The normalized spacial score (nSPS) is 13.4. The zero-order valence-corrected chi connectivity index (χ0v) is 16.8. The maximum absolute atomic E-state index is 12.3. The summed E-state index contributed by atoms with van der Waals surface area (Å²) < 4.78 is 10.6. The number of carbonyl (C=O) groups excluding carboxylic acids is 3. The van der Waals surface area contributed by atoms with E-state index in [0.717, 1.165) is 35.9 Å². The number of amides is 1. The molecule has 1 saturated carbocycles. The predicted molar refractivity (Wildman–Crippen MR) is 101 cm³/mol. The van der Waals surface area contributed by atoms with Crippen LogP contribution in [0.4, 0.5) is 5.00 Å². The van der Waals surface area contributed by atoms with Crippen molar-refractivity contribution in [2.24, 2.45) is 0 Å². The molecule has 2 heterocycles. The number of hydrogen-bond donors (Lipinski definition) is 1. The van der Waals surface area contributed by atoms with Gasteiger partial charge in [-0.05, 0) is 39.2 Å². The average Bonchev–Trinajstić information content (AvgIpc) is 3.26. The Bertz CT molecular complexity index is 885. The van der Waals surface area contributed by atoms with Crippen molar-refractivity contribution in [1.82, 2.24) is 10.2 Å². The number of rotatable bonds is 8. The Hall–Kier alpha value is -2.20.